The molecule has 0 atom stereocenters. The molecule has 0 amide bonds. The molecule has 0 aliphatic rings. The molecule has 0 heterocycles. The van der Waals surface area contributed by atoms with Gasteiger partial charge in [-0.2, -0.15) is 0 Å². The number of carbonyl (C=O) groups is 4. The van der Waals surface area contributed by atoms with Gasteiger partial charge in [-0.3, -0.25) is 14.4 Å². The SMILES string of the molecule is O=C(O)CCC(=O)C(=O)OCC#CC(=O)c1ccccc1. The van der Waals surface area contributed by atoms with Gasteiger partial charge in [0.25, 0.3) is 0 Å². The van der Waals surface area contributed by atoms with E-state index in [1.807, 2.05) is 0 Å². The maximum atomic E-state index is 11.6. The van der Waals surface area contributed by atoms with Crippen LogP contribution < -0.4 is 0 Å². The van der Waals surface area contributed by atoms with Gasteiger partial charge in [0, 0.05) is 12.0 Å². The lowest BCUT2D eigenvalue weighted by Crippen LogP contribution is -2.18. The number of Topliss-reactive ketones (excluding diaryl/α,β-unsaturated/α-hetero) is 2. The molecular formula is C15H12O6. The van der Waals surface area contributed by atoms with Gasteiger partial charge in [0.2, 0.25) is 11.6 Å². The molecule has 0 unspecified atom stereocenters. The Kier molecular flexibility index (Phi) is 6.35. The zero-order valence-corrected chi connectivity index (χ0v) is 11.0. The van der Waals surface area contributed by atoms with E-state index < -0.39 is 43.0 Å². The Hall–Kier alpha value is -2.94. The average molecular weight is 288 g/mol. The second kappa shape index (κ2) is 8.27. The first kappa shape index (κ1) is 16.1. The van der Waals surface area contributed by atoms with E-state index in [1.165, 1.54) is 0 Å². The van der Waals surface area contributed by atoms with Crippen LogP contribution in [0.3, 0.4) is 0 Å². The van der Waals surface area contributed by atoms with Gasteiger partial charge in [-0.25, -0.2) is 4.79 Å². The highest BCUT2D eigenvalue weighted by molar-refractivity contribution is 6.33. The number of ether oxygens (including phenoxy) is 1. The number of benzene rings is 1. The number of carbonyl (C=O) groups excluding carboxylic acids is 3. The predicted molar refractivity (Wildman–Crippen MR) is 71.4 cm³/mol. The van der Waals surface area contributed by atoms with Crippen molar-refractivity contribution in [3.63, 3.8) is 0 Å². The maximum Gasteiger partial charge on any atom is 0.375 e. The molecule has 0 saturated heterocycles. The first-order valence-electron chi connectivity index (χ1n) is 6.00. The van der Waals surface area contributed by atoms with Crippen LogP contribution in [-0.2, 0) is 19.1 Å². The molecule has 6 heteroatoms. The van der Waals surface area contributed by atoms with Gasteiger partial charge in [0.15, 0.2) is 6.61 Å². The highest BCUT2D eigenvalue weighted by atomic mass is 16.5. The van der Waals surface area contributed by atoms with Gasteiger partial charge in [-0.05, 0) is 5.92 Å². The summed E-state index contributed by atoms with van der Waals surface area (Å²) in [5.41, 5.74) is 0.411. The molecular weight excluding hydrogens is 276 g/mol. The molecule has 0 saturated carbocycles. The number of hydrogen-bond donors (Lipinski definition) is 1. The summed E-state index contributed by atoms with van der Waals surface area (Å²) >= 11 is 0. The van der Waals surface area contributed by atoms with Crippen molar-refractivity contribution in [3.05, 3.63) is 35.9 Å². The van der Waals surface area contributed by atoms with E-state index in [0.29, 0.717) is 5.56 Å². The third-order valence-corrected chi connectivity index (χ3v) is 2.31. The Labute approximate surface area is 120 Å². The minimum Gasteiger partial charge on any atom is -0.481 e. The van der Waals surface area contributed by atoms with Gasteiger partial charge in [0.1, 0.15) is 0 Å². The Morgan fingerprint density at radius 1 is 1.05 bits per heavy atom. The quantitative estimate of drug-likeness (QED) is 0.274. The molecule has 0 bridgehead atoms. The van der Waals surface area contributed by atoms with Crippen molar-refractivity contribution in [2.75, 3.05) is 6.61 Å². The van der Waals surface area contributed by atoms with Crippen LogP contribution >= 0.6 is 0 Å². The number of carboxylic acids is 1. The predicted octanol–water partition coefficient (Wildman–Crippen LogP) is 0.850. The fraction of sp³-hybridized carbons (Fsp3) is 0.200. The summed E-state index contributed by atoms with van der Waals surface area (Å²) in [6.07, 6.45) is -0.864. The van der Waals surface area contributed by atoms with Crippen LogP contribution in [0.15, 0.2) is 30.3 Å². The monoisotopic (exact) mass is 288 g/mol. The Bertz CT molecular complexity index is 606. The molecule has 0 aromatic heterocycles. The van der Waals surface area contributed by atoms with Crippen LogP contribution in [0, 0.1) is 11.8 Å². The van der Waals surface area contributed by atoms with Crippen molar-refractivity contribution in [2.45, 2.75) is 12.8 Å². The van der Waals surface area contributed by atoms with Crippen LogP contribution in [0.5, 0.6) is 0 Å². The van der Waals surface area contributed by atoms with Crippen molar-refractivity contribution in [2.24, 2.45) is 0 Å². The topological polar surface area (TPSA) is 97.7 Å². The second-order valence-electron chi connectivity index (χ2n) is 3.89. The molecule has 0 fully saturated rings. The number of hydrogen-bond acceptors (Lipinski definition) is 5. The highest BCUT2D eigenvalue weighted by Crippen LogP contribution is 1.98. The summed E-state index contributed by atoms with van der Waals surface area (Å²) in [5.74, 6) is 0.900. The van der Waals surface area contributed by atoms with E-state index in [2.05, 4.69) is 16.6 Å². The maximum absolute atomic E-state index is 11.6. The summed E-state index contributed by atoms with van der Waals surface area (Å²) in [4.78, 5) is 44.1. The number of ketones is 2. The van der Waals surface area contributed by atoms with Crippen LogP contribution in [0.1, 0.15) is 23.2 Å². The standard InChI is InChI=1S/C15H12O6/c16-12(11-5-2-1-3-6-11)7-4-10-21-15(20)13(17)8-9-14(18)19/h1-3,5-6H,8-10H2,(H,18,19). The highest BCUT2D eigenvalue weighted by Gasteiger charge is 2.15. The lowest BCUT2D eigenvalue weighted by Gasteiger charge is -1.98. The van der Waals surface area contributed by atoms with E-state index in [-0.39, 0.29) is 0 Å². The molecule has 1 aromatic rings. The van der Waals surface area contributed by atoms with Crippen molar-refractivity contribution < 1.29 is 29.0 Å². The molecule has 1 aromatic carbocycles. The smallest absolute Gasteiger partial charge is 0.375 e. The largest absolute Gasteiger partial charge is 0.481 e. The summed E-state index contributed by atoms with van der Waals surface area (Å²) in [7, 11) is 0. The summed E-state index contributed by atoms with van der Waals surface area (Å²) in [6.45, 7) is -0.407. The Morgan fingerprint density at radius 3 is 2.33 bits per heavy atom. The van der Waals surface area contributed by atoms with Gasteiger partial charge in [-0.15, -0.1) is 0 Å². The molecule has 0 aliphatic carbocycles. The number of carboxylic acid groups (broad SMARTS) is 1. The Balaban J connectivity index is 2.38. The van der Waals surface area contributed by atoms with Gasteiger partial charge >= 0.3 is 11.9 Å². The molecule has 21 heavy (non-hydrogen) atoms. The fourth-order valence-corrected chi connectivity index (χ4v) is 1.28. The molecule has 108 valence electrons. The molecule has 1 rings (SSSR count). The van der Waals surface area contributed by atoms with Gasteiger partial charge < -0.3 is 9.84 Å². The van der Waals surface area contributed by atoms with E-state index in [9.17, 15) is 19.2 Å². The minimum atomic E-state index is -1.18. The van der Waals surface area contributed by atoms with Gasteiger partial charge in [-0.1, -0.05) is 36.3 Å². The zero-order valence-electron chi connectivity index (χ0n) is 11.0. The fourth-order valence-electron chi connectivity index (χ4n) is 1.28. The third kappa shape index (κ3) is 6.16. The van der Waals surface area contributed by atoms with Gasteiger partial charge in [0.05, 0.1) is 6.42 Å². The molecule has 6 nitrogen and oxygen atoms in total. The zero-order chi connectivity index (χ0) is 15.7. The van der Waals surface area contributed by atoms with Crippen LogP contribution in [0.25, 0.3) is 0 Å². The summed E-state index contributed by atoms with van der Waals surface area (Å²) < 4.78 is 4.52. The van der Waals surface area contributed by atoms with Crippen molar-refractivity contribution in [1.29, 1.82) is 0 Å². The summed E-state index contributed by atoms with van der Waals surface area (Å²) in [6, 6.07) is 8.33. The average Bonchev–Trinajstić information content (AvgIpc) is 2.49. The van der Waals surface area contributed by atoms with Crippen LogP contribution in [0.2, 0.25) is 0 Å². The van der Waals surface area contributed by atoms with Crippen molar-refractivity contribution in [3.8, 4) is 11.8 Å². The normalized spacial score (nSPS) is 9.14. The minimum absolute atomic E-state index is 0.407. The number of esters is 1. The molecule has 0 radical (unpaired) electrons. The molecule has 0 spiro atoms. The van der Waals surface area contributed by atoms with E-state index in [0.717, 1.165) is 0 Å². The van der Waals surface area contributed by atoms with Crippen molar-refractivity contribution in [1.82, 2.24) is 0 Å². The van der Waals surface area contributed by atoms with E-state index >= 15 is 0 Å². The first-order chi connectivity index (χ1) is 10.0. The molecule has 1 N–H and O–H groups in total. The third-order valence-electron chi connectivity index (χ3n) is 2.31. The van der Waals surface area contributed by atoms with Crippen LogP contribution in [0.4, 0.5) is 0 Å². The lowest BCUT2D eigenvalue weighted by molar-refractivity contribution is -0.153. The van der Waals surface area contributed by atoms with Crippen molar-refractivity contribution >= 4 is 23.5 Å². The first-order valence-corrected chi connectivity index (χ1v) is 6.00. The van der Waals surface area contributed by atoms with Crippen LogP contribution in [-0.4, -0.2) is 35.2 Å². The second-order valence-corrected chi connectivity index (χ2v) is 3.89. The molecule has 0 aliphatic heterocycles. The number of aliphatic carboxylic acids is 1. The van der Waals surface area contributed by atoms with E-state index in [1.54, 1.807) is 30.3 Å². The van der Waals surface area contributed by atoms with E-state index in [4.69, 9.17) is 5.11 Å². The number of rotatable bonds is 6. The Morgan fingerprint density at radius 2 is 1.71 bits per heavy atom. The summed E-state index contributed by atoms with van der Waals surface area (Å²) in [5, 5.41) is 8.36. The lowest BCUT2D eigenvalue weighted by atomic mass is 10.1.